The molecule has 0 saturated carbocycles. The van der Waals surface area contributed by atoms with E-state index in [9.17, 15) is 19.5 Å². The van der Waals surface area contributed by atoms with E-state index >= 15 is 0 Å². The summed E-state index contributed by atoms with van der Waals surface area (Å²) in [5.74, 6) is -1.80. The third-order valence-corrected chi connectivity index (χ3v) is 5.47. The van der Waals surface area contributed by atoms with Crippen LogP contribution in [-0.2, 0) is 14.3 Å². The third-order valence-electron chi connectivity index (χ3n) is 5.47. The van der Waals surface area contributed by atoms with Crippen molar-refractivity contribution in [1.29, 1.82) is 0 Å². The van der Waals surface area contributed by atoms with Crippen LogP contribution in [-0.4, -0.2) is 41.8 Å². The van der Waals surface area contributed by atoms with Crippen molar-refractivity contribution in [3.8, 4) is 11.1 Å². The molecule has 7 nitrogen and oxygen atoms in total. The van der Waals surface area contributed by atoms with Crippen molar-refractivity contribution in [2.24, 2.45) is 5.41 Å². The predicted molar refractivity (Wildman–Crippen MR) is 117 cm³/mol. The molecule has 3 rings (SSSR count). The molecule has 2 aromatic rings. The smallest absolute Gasteiger partial charge is 0.407 e. The Kier molecular flexibility index (Phi) is 6.34. The van der Waals surface area contributed by atoms with Crippen molar-refractivity contribution >= 4 is 18.0 Å². The average molecular weight is 424 g/mol. The Morgan fingerprint density at radius 1 is 0.968 bits per heavy atom. The largest absolute Gasteiger partial charge is 0.480 e. The van der Waals surface area contributed by atoms with Crippen LogP contribution in [0.15, 0.2) is 48.5 Å². The van der Waals surface area contributed by atoms with Crippen molar-refractivity contribution in [2.45, 2.75) is 45.7 Å². The maximum Gasteiger partial charge on any atom is 0.407 e. The van der Waals surface area contributed by atoms with Gasteiger partial charge in [-0.05, 0) is 34.6 Å². The number of rotatable bonds is 6. The summed E-state index contributed by atoms with van der Waals surface area (Å²) in [7, 11) is 0. The summed E-state index contributed by atoms with van der Waals surface area (Å²) in [6, 6.07) is 14.0. The summed E-state index contributed by atoms with van der Waals surface area (Å²) in [4.78, 5) is 36.2. The number of hydrogen-bond acceptors (Lipinski definition) is 4. The molecule has 2 amide bonds. The number of amides is 2. The standard InChI is InChI=1S/C24H28N2O5/c1-14(21(27)26-20(22(28)29)24(2,3)4)25-23(30)31-13-19-17-11-7-5-9-15(17)16-10-6-8-12-18(16)19/h5-12,14,19-20H,13H2,1-4H3,(H,25,30)(H,26,27)(H,28,29)/t14-,20?/m0/s1. The number of hydrogen-bond donors (Lipinski definition) is 3. The van der Waals surface area contributed by atoms with E-state index in [0.29, 0.717) is 0 Å². The van der Waals surface area contributed by atoms with E-state index < -0.39 is 35.5 Å². The second-order valence-electron chi connectivity index (χ2n) is 8.84. The zero-order chi connectivity index (χ0) is 22.8. The van der Waals surface area contributed by atoms with Gasteiger partial charge in [0, 0.05) is 5.92 Å². The van der Waals surface area contributed by atoms with Gasteiger partial charge in [0.25, 0.3) is 0 Å². The van der Waals surface area contributed by atoms with Gasteiger partial charge in [-0.1, -0.05) is 69.3 Å². The first kappa shape index (κ1) is 22.3. The van der Waals surface area contributed by atoms with E-state index in [2.05, 4.69) is 22.8 Å². The number of alkyl carbamates (subject to hydrolysis) is 1. The van der Waals surface area contributed by atoms with Gasteiger partial charge < -0.3 is 20.5 Å². The highest BCUT2D eigenvalue weighted by molar-refractivity contribution is 5.89. The number of fused-ring (bicyclic) bond motifs is 3. The van der Waals surface area contributed by atoms with Crippen molar-refractivity contribution in [2.75, 3.05) is 6.61 Å². The maximum absolute atomic E-state index is 12.4. The fourth-order valence-corrected chi connectivity index (χ4v) is 3.80. The Hall–Kier alpha value is -3.35. The van der Waals surface area contributed by atoms with Crippen LogP contribution in [0.3, 0.4) is 0 Å². The zero-order valence-corrected chi connectivity index (χ0v) is 18.1. The molecule has 0 bridgehead atoms. The second kappa shape index (κ2) is 8.79. The first-order chi connectivity index (χ1) is 14.6. The highest BCUT2D eigenvalue weighted by atomic mass is 16.5. The van der Waals surface area contributed by atoms with Gasteiger partial charge in [-0.2, -0.15) is 0 Å². The quantitative estimate of drug-likeness (QED) is 0.658. The minimum absolute atomic E-state index is 0.0837. The molecule has 1 unspecified atom stereocenters. The van der Waals surface area contributed by atoms with Crippen LogP contribution < -0.4 is 10.6 Å². The molecule has 0 aliphatic heterocycles. The zero-order valence-electron chi connectivity index (χ0n) is 18.1. The number of carbonyl (C=O) groups excluding carboxylic acids is 2. The lowest BCUT2D eigenvalue weighted by molar-refractivity contribution is -0.145. The summed E-state index contributed by atoms with van der Waals surface area (Å²) in [5, 5.41) is 14.3. The fraction of sp³-hybridized carbons (Fsp3) is 0.375. The Labute approximate surface area is 181 Å². The van der Waals surface area contributed by atoms with Gasteiger partial charge in [0.2, 0.25) is 5.91 Å². The maximum atomic E-state index is 12.4. The molecule has 0 spiro atoms. The van der Waals surface area contributed by atoms with Gasteiger partial charge in [-0.15, -0.1) is 0 Å². The number of aliphatic carboxylic acids is 1. The number of benzene rings is 2. The summed E-state index contributed by atoms with van der Waals surface area (Å²) in [5.41, 5.74) is 3.77. The van der Waals surface area contributed by atoms with Crippen LogP contribution >= 0.6 is 0 Å². The molecule has 0 fully saturated rings. The molecule has 0 aromatic heterocycles. The van der Waals surface area contributed by atoms with Crippen molar-refractivity contribution < 1.29 is 24.2 Å². The molecular formula is C24H28N2O5. The van der Waals surface area contributed by atoms with Crippen molar-refractivity contribution in [1.82, 2.24) is 10.6 Å². The SMILES string of the molecule is C[C@H](NC(=O)OCC1c2ccccc2-c2ccccc21)C(=O)NC(C(=O)O)C(C)(C)C. The van der Waals surface area contributed by atoms with Crippen LogP contribution in [0.5, 0.6) is 0 Å². The number of ether oxygens (including phenoxy) is 1. The fourth-order valence-electron chi connectivity index (χ4n) is 3.80. The number of carboxylic acids is 1. The highest BCUT2D eigenvalue weighted by Gasteiger charge is 2.34. The van der Waals surface area contributed by atoms with E-state index in [1.165, 1.54) is 6.92 Å². The molecule has 7 heteroatoms. The summed E-state index contributed by atoms with van der Waals surface area (Å²) >= 11 is 0. The van der Waals surface area contributed by atoms with Crippen molar-refractivity contribution in [3.05, 3.63) is 59.7 Å². The molecule has 31 heavy (non-hydrogen) atoms. The lowest BCUT2D eigenvalue weighted by Crippen LogP contribution is -2.54. The summed E-state index contributed by atoms with van der Waals surface area (Å²) in [6.45, 7) is 6.77. The van der Waals surface area contributed by atoms with Gasteiger partial charge >= 0.3 is 12.1 Å². The van der Waals surface area contributed by atoms with Gasteiger partial charge in [-0.3, -0.25) is 4.79 Å². The minimum atomic E-state index is -1.13. The Morgan fingerprint density at radius 2 is 1.48 bits per heavy atom. The van der Waals surface area contributed by atoms with Crippen LogP contribution in [0.2, 0.25) is 0 Å². The molecule has 3 N–H and O–H groups in total. The lowest BCUT2D eigenvalue weighted by Gasteiger charge is -2.28. The number of nitrogens with one attached hydrogen (secondary N) is 2. The van der Waals surface area contributed by atoms with Crippen LogP contribution in [0.4, 0.5) is 4.79 Å². The average Bonchev–Trinajstić information content (AvgIpc) is 3.03. The molecular weight excluding hydrogens is 396 g/mol. The van der Waals surface area contributed by atoms with Crippen molar-refractivity contribution in [3.63, 3.8) is 0 Å². The van der Waals surface area contributed by atoms with E-state index in [-0.39, 0.29) is 12.5 Å². The highest BCUT2D eigenvalue weighted by Crippen LogP contribution is 2.44. The Balaban J connectivity index is 1.60. The van der Waals surface area contributed by atoms with Gasteiger partial charge in [0.1, 0.15) is 18.7 Å². The molecule has 2 atom stereocenters. The molecule has 0 heterocycles. The van der Waals surface area contributed by atoms with Crippen LogP contribution in [0, 0.1) is 5.41 Å². The number of carbonyl (C=O) groups is 3. The van der Waals surface area contributed by atoms with Crippen LogP contribution in [0.25, 0.3) is 11.1 Å². The van der Waals surface area contributed by atoms with Gasteiger partial charge in [0.15, 0.2) is 0 Å². The monoisotopic (exact) mass is 424 g/mol. The number of carboxylic acid groups (broad SMARTS) is 1. The van der Waals surface area contributed by atoms with E-state index in [1.54, 1.807) is 20.8 Å². The summed E-state index contributed by atoms with van der Waals surface area (Å²) in [6.07, 6.45) is -0.729. The molecule has 0 radical (unpaired) electrons. The summed E-state index contributed by atoms with van der Waals surface area (Å²) < 4.78 is 5.43. The molecule has 164 valence electrons. The topological polar surface area (TPSA) is 105 Å². The molecule has 1 aliphatic rings. The first-order valence-corrected chi connectivity index (χ1v) is 10.2. The Morgan fingerprint density at radius 3 is 1.97 bits per heavy atom. The van der Waals surface area contributed by atoms with Crippen LogP contribution in [0.1, 0.15) is 44.7 Å². The normalized spacial score (nSPS) is 14.7. The molecule has 1 aliphatic carbocycles. The van der Waals surface area contributed by atoms with Gasteiger partial charge in [-0.25, -0.2) is 9.59 Å². The van der Waals surface area contributed by atoms with E-state index in [1.807, 2.05) is 36.4 Å². The van der Waals surface area contributed by atoms with E-state index in [4.69, 9.17) is 4.74 Å². The van der Waals surface area contributed by atoms with E-state index in [0.717, 1.165) is 22.3 Å². The lowest BCUT2D eigenvalue weighted by atomic mass is 9.86. The third kappa shape index (κ3) is 4.87. The minimum Gasteiger partial charge on any atom is -0.480 e. The predicted octanol–water partition coefficient (Wildman–Crippen LogP) is 3.53. The molecule has 0 saturated heterocycles. The second-order valence-corrected chi connectivity index (χ2v) is 8.84. The van der Waals surface area contributed by atoms with Gasteiger partial charge in [0.05, 0.1) is 0 Å². The Bertz CT molecular complexity index is 950. The molecule has 2 aromatic carbocycles. The first-order valence-electron chi connectivity index (χ1n) is 10.2.